The van der Waals surface area contributed by atoms with E-state index in [9.17, 15) is 9.18 Å². The molecule has 2 aromatic rings. The summed E-state index contributed by atoms with van der Waals surface area (Å²) in [6.45, 7) is 8.70. The highest BCUT2D eigenvalue weighted by Crippen LogP contribution is 2.58. The van der Waals surface area contributed by atoms with Gasteiger partial charge in [-0.2, -0.15) is 0 Å². The molecule has 4 nitrogen and oxygen atoms in total. The van der Waals surface area contributed by atoms with Gasteiger partial charge < -0.3 is 9.47 Å². The van der Waals surface area contributed by atoms with Gasteiger partial charge in [0, 0.05) is 43.6 Å². The van der Waals surface area contributed by atoms with E-state index in [0.29, 0.717) is 5.92 Å². The molecule has 5 heteroatoms. The number of halogens is 1. The predicted octanol–water partition coefficient (Wildman–Crippen LogP) is 4.50. The predicted molar refractivity (Wildman–Crippen MR) is 110 cm³/mol. The molecule has 2 aliphatic heterocycles. The van der Waals surface area contributed by atoms with Gasteiger partial charge in [0.25, 0.3) is 0 Å². The number of carbonyl (C=O) groups excluding carboxylic acids is 1. The highest BCUT2D eigenvalue weighted by atomic mass is 19.1. The van der Waals surface area contributed by atoms with Gasteiger partial charge in [0.2, 0.25) is 6.41 Å². The number of likely N-dealkylation sites (tertiary alicyclic amines) is 1. The van der Waals surface area contributed by atoms with Crippen molar-refractivity contribution in [2.75, 3.05) is 6.54 Å². The van der Waals surface area contributed by atoms with E-state index in [4.69, 9.17) is 4.98 Å². The zero-order valence-corrected chi connectivity index (χ0v) is 17.6. The smallest absolute Gasteiger partial charge is 0.209 e. The first-order valence-corrected chi connectivity index (χ1v) is 10.8. The van der Waals surface area contributed by atoms with Crippen molar-refractivity contribution in [3.8, 4) is 0 Å². The van der Waals surface area contributed by atoms with Gasteiger partial charge in [-0.15, -0.1) is 0 Å². The van der Waals surface area contributed by atoms with E-state index in [1.54, 1.807) is 12.1 Å². The van der Waals surface area contributed by atoms with Gasteiger partial charge in [-0.1, -0.05) is 32.9 Å². The number of aromatic nitrogens is 2. The first-order valence-electron chi connectivity index (χ1n) is 10.8. The van der Waals surface area contributed by atoms with Crippen LogP contribution in [0.5, 0.6) is 0 Å². The molecule has 3 aliphatic rings. The molecule has 4 atom stereocenters. The van der Waals surface area contributed by atoms with Crippen LogP contribution >= 0.6 is 0 Å². The highest BCUT2D eigenvalue weighted by molar-refractivity contribution is 5.50. The van der Waals surface area contributed by atoms with Crippen LogP contribution in [0.15, 0.2) is 30.5 Å². The molecule has 4 unspecified atom stereocenters. The maximum Gasteiger partial charge on any atom is 0.209 e. The topological polar surface area (TPSA) is 38.1 Å². The lowest BCUT2D eigenvalue weighted by Gasteiger charge is -2.45. The number of rotatable bonds is 3. The van der Waals surface area contributed by atoms with E-state index in [1.807, 2.05) is 11.0 Å². The van der Waals surface area contributed by atoms with E-state index in [2.05, 4.69) is 31.5 Å². The molecule has 154 valence electrons. The summed E-state index contributed by atoms with van der Waals surface area (Å²) >= 11 is 0. The summed E-state index contributed by atoms with van der Waals surface area (Å²) in [6.07, 6.45) is 7.34. The zero-order valence-electron chi connectivity index (χ0n) is 17.6. The fourth-order valence-corrected chi connectivity index (χ4v) is 6.77. The lowest BCUT2D eigenvalue weighted by Crippen LogP contribution is -2.42. The fraction of sp³-hybridized carbons (Fsp3) is 0.583. The number of aryl methyl sites for hydroxylation is 1. The molecule has 1 aromatic carbocycles. The molecule has 2 fully saturated rings. The van der Waals surface area contributed by atoms with Crippen LogP contribution in [-0.4, -0.2) is 33.4 Å². The molecular weight excluding hydrogens is 365 g/mol. The number of hydrogen-bond donors (Lipinski definition) is 0. The number of amides is 1. The minimum absolute atomic E-state index is 0.0991. The monoisotopic (exact) mass is 395 g/mol. The second-order valence-electron chi connectivity index (χ2n) is 10.5. The number of imidazole rings is 1. The van der Waals surface area contributed by atoms with Crippen LogP contribution in [0.25, 0.3) is 0 Å². The molecule has 0 spiro atoms. The summed E-state index contributed by atoms with van der Waals surface area (Å²) in [4.78, 5) is 18.9. The summed E-state index contributed by atoms with van der Waals surface area (Å²) in [5.41, 5.74) is 2.52. The summed E-state index contributed by atoms with van der Waals surface area (Å²) in [7, 11) is 0. The minimum atomic E-state index is -0.165. The quantitative estimate of drug-likeness (QED) is 0.718. The Morgan fingerprint density at radius 2 is 2.10 bits per heavy atom. The Labute approximate surface area is 172 Å². The molecule has 1 saturated heterocycles. The molecule has 0 N–H and O–H groups in total. The molecule has 2 bridgehead atoms. The fourth-order valence-electron chi connectivity index (χ4n) is 6.77. The molecule has 1 aromatic heterocycles. The Kier molecular flexibility index (Phi) is 4.17. The largest absolute Gasteiger partial charge is 0.341 e. The van der Waals surface area contributed by atoms with Crippen molar-refractivity contribution in [2.24, 2.45) is 10.8 Å². The van der Waals surface area contributed by atoms with Crippen LogP contribution in [0.1, 0.15) is 69.0 Å². The first-order chi connectivity index (χ1) is 13.8. The van der Waals surface area contributed by atoms with Crippen molar-refractivity contribution in [1.29, 1.82) is 0 Å². The SMILES string of the molecule is CC12CC(C(c3cn4c(n3)CCC(c3cccc(F)c3)C4)C(C)(C)C1)N(C=O)C2. The van der Waals surface area contributed by atoms with E-state index in [0.717, 1.165) is 62.3 Å². The van der Waals surface area contributed by atoms with Crippen LogP contribution in [0.3, 0.4) is 0 Å². The molecule has 29 heavy (non-hydrogen) atoms. The van der Waals surface area contributed by atoms with Gasteiger partial charge in [-0.05, 0) is 47.8 Å². The maximum absolute atomic E-state index is 13.7. The van der Waals surface area contributed by atoms with Crippen LogP contribution in [0, 0.1) is 16.6 Å². The van der Waals surface area contributed by atoms with Crippen molar-refractivity contribution in [2.45, 2.75) is 70.9 Å². The van der Waals surface area contributed by atoms with Crippen molar-refractivity contribution in [1.82, 2.24) is 14.5 Å². The number of fused-ring (bicyclic) bond motifs is 3. The van der Waals surface area contributed by atoms with E-state index in [-0.39, 0.29) is 28.6 Å². The molecule has 0 radical (unpaired) electrons. The number of hydrogen-bond acceptors (Lipinski definition) is 2. The maximum atomic E-state index is 13.7. The normalized spacial score (nSPS) is 32.8. The summed E-state index contributed by atoms with van der Waals surface area (Å²) in [5, 5.41) is 0. The average molecular weight is 396 g/mol. The lowest BCUT2D eigenvalue weighted by atomic mass is 9.59. The van der Waals surface area contributed by atoms with Gasteiger partial charge in [0.1, 0.15) is 11.6 Å². The number of nitrogens with zero attached hydrogens (tertiary/aromatic N) is 3. The molecular formula is C24H30FN3O. The Hall–Kier alpha value is -2.17. The van der Waals surface area contributed by atoms with Gasteiger partial charge in [-0.3, -0.25) is 4.79 Å². The highest BCUT2D eigenvalue weighted by Gasteiger charge is 2.56. The van der Waals surface area contributed by atoms with Crippen molar-refractivity contribution in [3.05, 3.63) is 53.4 Å². The molecule has 3 heterocycles. The Morgan fingerprint density at radius 3 is 2.86 bits per heavy atom. The summed E-state index contributed by atoms with van der Waals surface area (Å²) < 4.78 is 16.0. The standard InChI is InChI=1S/C24H30FN3O/c1-23(2)13-24(3)10-20(28(14-24)15-29)22(23)19-12-27-11-17(7-8-21(27)26-19)16-5-4-6-18(25)9-16/h4-6,9,12,15,17,20,22H,7-8,10-11,13-14H2,1-3H3. The second kappa shape index (κ2) is 6.41. The first kappa shape index (κ1) is 18.8. The van der Waals surface area contributed by atoms with Crippen LogP contribution in [0.2, 0.25) is 0 Å². The van der Waals surface area contributed by atoms with Gasteiger partial charge in [-0.25, -0.2) is 9.37 Å². The number of carbonyl (C=O) groups is 1. The zero-order chi connectivity index (χ0) is 20.4. The summed E-state index contributed by atoms with van der Waals surface area (Å²) in [5.74, 6) is 1.55. The van der Waals surface area contributed by atoms with E-state index in [1.165, 1.54) is 6.07 Å². The lowest BCUT2D eigenvalue weighted by molar-refractivity contribution is -0.119. The average Bonchev–Trinajstić information content (AvgIpc) is 3.18. The minimum Gasteiger partial charge on any atom is -0.341 e. The molecule has 1 saturated carbocycles. The Bertz CT molecular complexity index is 951. The third kappa shape index (κ3) is 3.10. The van der Waals surface area contributed by atoms with E-state index >= 15 is 0 Å². The van der Waals surface area contributed by atoms with Crippen molar-refractivity contribution in [3.63, 3.8) is 0 Å². The van der Waals surface area contributed by atoms with Gasteiger partial charge in [0.05, 0.1) is 5.69 Å². The molecule has 1 aliphatic carbocycles. The van der Waals surface area contributed by atoms with Gasteiger partial charge >= 0.3 is 0 Å². The third-order valence-electron chi connectivity index (χ3n) is 7.59. The number of benzene rings is 1. The van der Waals surface area contributed by atoms with Crippen LogP contribution in [-0.2, 0) is 17.8 Å². The molecule has 5 rings (SSSR count). The van der Waals surface area contributed by atoms with Crippen molar-refractivity contribution >= 4 is 6.41 Å². The van der Waals surface area contributed by atoms with Crippen molar-refractivity contribution < 1.29 is 9.18 Å². The van der Waals surface area contributed by atoms with Crippen LogP contribution in [0.4, 0.5) is 4.39 Å². The van der Waals surface area contributed by atoms with Crippen LogP contribution < -0.4 is 0 Å². The Balaban J connectivity index is 1.46. The summed E-state index contributed by atoms with van der Waals surface area (Å²) in [6, 6.07) is 7.24. The molecule has 1 amide bonds. The van der Waals surface area contributed by atoms with E-state index < -0.39 is 0 Å². The van der Waals surface area contributed by atoms with Gasteiger partial charge in [0.15, 0.2) is 0 Å². The third-order valence-corrected chi connectivity index (χ3v) is 7.59. The Morgan fingerprint density at radius 1 is 1.28 bits per heavy atom. The second-order valence-corrected chi connectivity index (χ2v) is 10.5.